The SMILES string of the molecule is Cc1ccsc1CN(C)CC(=O)Nc1ccccc1SCC#N. The fourth-order valence-corrected chi connectivity index (χ4v) is 3.76. The summed E-state index contributed by atoms with van der Waals surface area (Å²) in [5, 5.41) is 13.7. The van der Waals surface area contributed by atoms with Crippen molar-refractivity contribution in [2.75, 3.05) is 24.7 Å². The fourth-order valence-electron chi connectivity index (χ4n) is 2.11. The molecule has 1 heterocycles. The minimum atomic E-state index is -0.0493. The summed E-state index contributed by atoms with van der Waals surface area (Å²) in [5.41, 5.74) is 2.03. The normalized spacial score (nSPS) is 10.5. The van der Waals surface area contributed by atoms with E-state index in [0.29, 0.717) is 12.3 Å². The van der Waals surface area contributed by atoms with E-state index in [4.69, 9.17) is 5.26 Å². The third-order valence-corrected chi connectivity index (χ3v) is 5.20. The van der Waals surface area contributed by atoms with Gasteiger partial charge < -0.3 is 5.32 Å². The van der Waals surface area contributed by atoms with Gasteiger partial charge in [0.05, 0.1) is 24.1 Å². The van der Waals surface area contributed by atoms with Crippen LogP contribution < -0.4 is 5.32 Å². The number of para-hydroxylation sites is 1. The third-order valence-electron chi connectivity index (χ3n) is 3.25. The van der Waals surface area contributed by atoms with Crippen molar-refractivity contribution >= 4 is 34.7 Å². The fraction of sp³-hybridized carbons (Fsp3) is 0.294. The number of hydrogen-bond donors (Lipinski definition) is 1. The number of rotatable bonds is 7. The van der Waals surface area contributed by atoms with Gasteiger partial charge in [-0.05, 0) is 43.1 Å². The lowest BCUT2D eigenvalue weighted by molar-refractivity contribution is -0.117. The number of benzene rings is 1. The zero-order valence-electron chi connectivity index (χ0n) is 13.2. The van der Waals surface area contributed by atoms with Crippen molar-refractivity contribution in [2.45, 2.75) is 18.4 Å². The van der Waals surface area contributed by atoms with E-state index in [1.54, 1.807) is 11.3 Å². The lowest BCUT2D eigenvalue weighted by atomic mass is 10.3. The van der Waals surface area contributed by atoms with Gasteiger partial charge in [0.2, 0.25) is 5.91 Å². The molecule has 0 unspecified atom stereocenters. The van der Waals surface area contributed by atoms with E-state index >= 15 is 0 Å². The van der Waals surface area contributed by atoms with Crippen LogP contribution in [0.2, 0.25) is 0 Å². The minimum absolute atomic E-state index is 0.0493. The second kappa shape index (κ2) is 8.73. The molecule has 0 spiro atoms. The smallest absolute Gasteiger partial charge is 0.238 e. The van der Waals surface area contributed by atoms with Gasteiger partial charge in [-0.3, -0.25) is 9.69 Å². The van der Waals surface area contributed by atoms with Crippen molar-refractivity contribution in [3.05, 3.63) is 46.2 Å². The summed E-state index contributed by atoms with van der Waals surface area (Å²) in [6.07, 6.45) is 0. The van der Waals surface area contributed by atoms with Crippen LogP contribution in [0.25, 0.3) is 0 Å². The van der Waals surface area contributed by atoms with Crippen LogP contribution in [-0.4, -0.2) is 30.2 Å². The average Bonchev–Trinajstić information content (AvgIpc) is 2.91. The van der Waals surface area contributed by atoms with Gasteiger partial charge in [0.15, 0.2) is 0 Å². The van der Waals surface area contributed by atoms with E-state index in [1.807, 2.05) is 36.2 Å². The molecule has 0 radical (unpaired) electrons. The monoisotopic (exact) mass is 345 g/mol. The summed E-state index contributed by atoms with van der Waals surface area (Å²) in [5.74, 6) is 0.316. The van der Waals surface area contributed by atoms with Crippen molar-refractivity contribution in [1.29, 1.82) is 5.26 Å². The summed E-state index contributed by atoms with van der Waals surface area (Å²) in [6, 6.07) is 11.8. The van der Waals surface area contributed by atoms with Gasteiger partial charge in [0.25, 0.3) is 0 Å². The molecule has 1 aromatic carbocycles. The third kappa shape index (κ3) is 5.39. The summed E-state index contributed by atoms with van der Waals surface area (Å²) < 4.78 is 0. The summed E-state index contributed by atoms with van der Waals surface area (Å²) in [7, 11) is 1.94. The molecule has 6 heteroatoms. The Kier molecular flexibility index (Phi) is 6.66. The molecule has 2 rings (SSSR count). The van der Waals surface area contributed by atoms with Gasteiger partial charge in [-0.15, -0.1) is 23.1 Å². The summed E-state index contributed by atoms with van der Waals surface area (Å²) >= 11 is 3.14. The van der Waals surface area contributed by atoms with Crippen molar-refractivity contribution in [2.24, 2.45) is 0 Å². The molecule has 4 nitrogen and oxygen atoms in total. The number of likely N-dealkylation sites (N-methyl/N-ethyl adjacent to an activating group) is 1. The molecule has 0 fully saturated rings. The molecule has 0 saturated carbocycles. The number of nitriles is 1. The van der Waals surface area contributed by atoms with Crippen LogP contribution in [0.15, 0.2) is 40.6 Å². The van der Waals surface area contributed by atoms with Crippen molar-refractivity contribution in [3.63, 3.8) is 0 Å². The second-order valence-corrected chi connectivity index (χ2v) is 7.21. The molecule has 0 aliphatic rings. The Labute approximate surface area is 145 Å². The zero-order chi connectivity index (χ0) is 16.7. The summed E-state index contributed by atoms with van der Waals surface area (Å²) in [4.78, 5) is 16.4. The Morgan fingerprint density at radius 3 is 2.87 bits per heavy atom. The number of aryl methyl sites for hydroxylation is 1. The molecule has 0 aliphatic carbocycles. The molecular weight excluding hydrogens is 326 g/mol. The first-order valence-electron chi connectivity index (χ1n) is 7.20. The van der Waals surface area contributed by atoms with Crippen LogP contribution in [0.5, 0.6) is 0 Å². The van der Waals surface area contributed by atoms with Gasteiger partial charge in [0.1, 0.15) is 0 Å². The number of thiophene rings is 1. The predicted molar refractivity (Wildman–Crippen MR) is 96.8 cm³/mol. The van der Waals surface area contributed by atoms with Crippen molar-refractivity contribution in [3.8, 4) is 6.07 Å². The summed E-state index contributed by atoms with van der Waals surface area (Å²) in [6.45, 7) is 3.18. The highest BCUT2D eigenvalue weighted by molar-refractivity contribution is 7.99. The topological polar surface area (TPSA) is 56.1 Å². The maximum absolute atomic E-state index is 12.2. The van der Waals surface area contributed by atoms with Crippen LogP contribution in [0.4, 0.5) is 5.69 Å². The number of thioether (sulfide) groups is 1. The van der Waals surface area contributed by atoms with Gasteiger partial charge in [-0.25, -0.2) is 0 Å². The highest BCUT2D eigenvalue weighted by Crippen LogP contribution is 2.26. The number of carbonyl (C=O) groups is 1. The number of nitrogens with one attached hydrogen (secondary N) is 1. The van der Waals surface area contributed by atoms with Crippen LogP contribution in [-0.2, 0) is 11.3 Å². The lowest BCUT2D eigenvalue weighted by Gasteiger charge is -2.17. The first-order chi connectivity index (χ1) is 11.1. The van der Waals surface area contributed by atoms with Gasteiger partial charge in [-0.2, -0.15) is 5.26 Å². The van der Waals surface area contributed by atoms with Crippen molar-refractivity contribution < 1.29 is 4.79 Å². The van der Waals surface area contributed by atoms with Crippen molar-refractivity contribution in [1.82, 2.24) is 4.90 Å². The Hall–Kier alpha value is -1.81. The molecule has 0 saturated heterocycles. The van der Waals surface area contributed by atoms with Crippen LogP contribution in [0.3, 0.4) is 0 Å². The molecule has 0 bridgehead atoms. The molecule has 1 amide bonds. The van der Waals surface area contributed by atoms with Gasteiger partial charge >= 0.3 is 0 Å². The van der Waals surface area contributed by atoms with Crippen LogP contribution in [0, 0.1) is 18.3 Å². The van der Waals surface area contributed by atoms with Gasteiger partial charge in [0, 0.05) is 16.3 Å². The molecule has 0 aliphatic heterocycles. The maximum atomic E-state index is 12.2. The zero-order valence-corrected chi connectivity index (χ0v) is 14.8. The number of nitrogens with zero attached hydrogens (tertiary/aromatic N) is 2. The van der Waals surface area contributed by atoms with E-state index in [9.17, 15) is 4.79 Å². The molecular formula is C17H19N3OS2. The lowest BCUT2D eigenvalue weighted by Crippen LogP contribution is -2.29. The van der Waals surface area contributed by atoms with E-state index < -0.39 is 0 Å². The standard InChI is InChI=1S/C17H19N3OS2/c1-13-7-9-22-16(13)11-20(2)12-17(21)19-14-5-3-4-6-15(14)23-10-8-18/h3-7,9H,10-12H2,1-2H3,(H,19,21). The Bertz CT molecular complexity index is 706. The molecule has 120 valence electrons. The largest absolute Gasteiger partial charge is 0.324 e. The molecule has 2 aromatic rings. The highest BCUT2D eigenvalue weighted by atomic mass is 32.2. The molecule has 0 atom stereocenters. The van der Waals surface area contributed by atoms with Crippen LogP contribution in [0.1, 0.15) is 10.4 Å². The molecule has 23 heavy (non-hydrogen) atoms. The number of amides is 1. The second-order valence-electron chi connectivity index (χ2n) is 5.19. The van der Waals surface area contributed by atoms with E-state index in [1.165, 1.54) is 22.2 Å². The van der Waals surface area contributed by atoms with E-state index in [-0.39, 0.29) is 5.91 Å². The minimum Gasteiger partial charge on any atom is -0.324 e. The predicted octanol–water partition coefficient (Wildman–Crippen LogP) is 3.74. The quantitative estimate of drug-likeness (QED) is 0.777. The average molecular weight is 345 g/mol. The maximum Gasteiger partial charge on any atom is 0.238 e. The Balaban J connectivity index is 1.92. The van der Waals surface area contributed by atoms with E-state index in [0.717, 1.165) is 17.1 Å². The highest BCUT2D eigenvalue weighted by Gasteiger charge is 2.11. The van der Waals surface area contributed by atoms with E-state index in [2.05, 4.69) is 29.8 Å². The first kappa shape index (κ1) is 17.5. The Morgan fingerprint density at radius 1 is 1.39 bits per heavy atom. The number of carbonyl (C=O) groups excluding carboxylic acids is 1. The number of anilines is 1. The molecule has 1 N–H and O–H groups in total. The van der Waals surface area contributed by atoms with Crippen LogP contribution >= 0.6 is 23.1 Å². The Morgan fingerprint density at radius 2 is 2.17 bits per heavy atom. The molecule has 1 aromatic heterocycles. The first-order valence-corrected chi connectivity index (χ1v) is 9.07. The van der Waals surface area contributed by atoms with Gasteiger partial charge in [-0.1, -0.05) is 12.1 Å². The number of hydrogen-bond acceptors (Lipinski definition) is 5.